The highest BCUT2D eigenvalue weighted by Gasteiger charge is 2.28. The number of nitrogens with zero attached hydrogens (tertiary/aromatic N) is 1. The summed E-state index contributed by atoms with van der Waals surface area (Å²) in [6.45, 7) is 1.86. The Labute approximate surface area is 90.5 Å². The van der Waals surface area contributed by atoms with E-state index < -0.39 is 5.60 Å². The maximum absolute atomic E-state index is 10.3. The molecule has 0 spiro atoms. The molecule has 0 amide bonds. The van der Waals surface area contributed by atoms with Gasteiger partial charge in [0.1, 0.15) is 0 Å². The monoisotopic (exact) mass is 206 g/mol. The first-order chi connectivity index (χ1) is 7.29. The van der Waals surface area contributed by atoms with E-state index in [1.807, 2.05) is 24.4 Å². The Bertz CT molecular complexity index is 294. The van der Waals surface area contributed by atoms with E-state index in [2.05, 4.69) is 10.3 Å². The van der Waals surface area contributed by atoms with E-state index >= 15 is 0 Å². The number of hydrogen-bond acceptors (Lipinski definition) is 3. The minimum atomic E-state index is -0.469. The summed E-state index contributed by atoms with van der Waals surface area (Å²) in [6.07, 6.45) is 5.23. The second-order valence-corrected chi connectivity index (χ2v) is 4.30. The van der Waals surface area contributed by atoms with Gasteiger partial charge in [-0.1, -0.05) is 6.07 Å². The number of nitrogens with one attached hydrogen (secondary N) is 1. The van der Waals surface area contributed by atoms with Crippen LogP contribution in [0.15, 0.2) is 24.4 Å². The zero-order valence-electron chi connectivity index (χ0n) is 8.95. The summed E-state index contributed by atoms with van der Waals surface area (Å²) >= 11 is 0. The van der Waals surface area contributed by atoms with Gasteiger partial charge in [-0.25, -0.2) is 0 Å². The van der Waals surface area contributed by atoms with Crippen molar-refractivity contribution in [1.82, 2.24) is 10.3 Å². The van der Waals surface area contributed by atoms with Crippen molar-refractivity contribution in [1.29, 1.82) is 0 Å². The van der Waals surface area contributed by atoms with Crippen molar-refractivity contribution in [2.24, 2.45) is 0 Å². The molecule has 1 aliphatic rings. The van der Waals surface area contributed by atoms with Gasteiger partial charge in [-0.2, -0.15) is 0 Å². The molecule has 2 N–H and O–H groups in total. The van der Waals surface area contributed by atoms with Crippen LogP contribution >= 0.6 is 0 Å². The van der Waals surface area contributed by atoms with Crippen LogP contribution in [0, 0.1) is 0 Å². The topological polar surface area (TPSA) is 45.2 Å². The molecule has 2 rings (SSSR count). The Morgan fingerprint density at radius 3 is 2.80 bits per heavy atom. The molecule has 1 fully saturated rings. The lowest BCUT2D eigenvalue weighted by atomic mass is 9.87. The Morgan fingerprint density at radius 1 is 1.33 bits per heavy atom. The van der Waals surface area contributed by atoms with Crippen LogP contribution in [0.25, 0.3) is 0 Å². The van der Waals surface area contributed by atoms with Crippen LogP contribution in [0.2, 0.25) is 0 Å². The third-order valence-corrected chi connectivity index (χ3v) is 3.11. The first-order valence-corrected chi connectivity index (χ1v) is 5.62. The summed E-state index contributed by atoms with van der Waals surface area (Å²) < 4.78 is 0. The molecule has 3 nitrogen and oxygen atoms in total. The second kappa shape index (κ2) is 4.73. The molecule has 0 unspecified atom stereocenters. The number of piperidine rings is 1. The van der Waals surface area contributed by atoms with Gasteiger partial charge in [-0.15, -0.1) is 0 Å². The van der Waals surface area contributed by atoms with E-state index in [-0.39, 0.29) is 0 Å². The van der Waals surface area contributed by atoms with Crippen LogP contribution in [0.5, 0.6) is 0 Å². The quantitative estimate of drug-likeness (QED) is 0.779. The van der Waals surface area contributed by atoms with Gasteiger partial charge in [0, 0.05) is 11.9 Å². The van der Waals surface area contributed by atoms with Gasteiger partial charge in [0.15, 0.2) is 0 Å². The minimum Gasteiger partial charge on any atom is -0.390 e. The van der Waals surface area contributed by atoms with Gasteiger partial charge in [0.05, 0.1) is 5.60 Å². The van der Waals surface area contributed by atoms with Crippen molar-refractivity contribution >= 4 is 0 Å². The molecule has 0 radical (unpaired) electrons. The maximum atomic E-state index is 10.3. The fourth-order valence-corrected chi connectivity index (χ4v) is 2.05. The van der Waals surface area contributed by atoms with E-state index in [4.69, 9.17) is 0 Å². The highest BCUT2D eigenvalue weighted by molar-refractivity contribution is 5.04. The standard InChI is InChI=1S/C12H18N2O/c15-12(6-9-13-10-7-12)5-4-11-3-1-2-8-14-11/h1-3,8,13,15H,4-7,9-10H2. The summed E-state index contributed by atoms with van der Waals surface area (Å²) in [4.78, 5) is 4.27. The van der Waals surface area contributed by atoms with Crippen LogP contribution in [-0.4, -0.2) is 28.8 Å². The Balaban J connectivity index is 1.87. The fourth-order valence-electron chi connectivity index (χ4n) is 2.05. The molecule has 0 atom stereocenters. The normalized spacial score (nSPS) is 20.1. The molecular formula is C12H18N2O. The van der Waals surface area contributed by atoms with Crippen LogP contribution in [0.3, 0.4) is 0 Å². The van der Waals surface area contributed by atoms with Crippen LogP contribution < -0.4 is 5.32 Å². The SMILES string of the molecule is OC1(CCc2ccccn2)CCNCC1. The number of aryl methyl sites for hydroxylation is 1. The number of aromatic nitrogens is 1. The Hall–Kier alpha value is -0.930. The van der Waals surface area contributed by atoms with Crippen LogP contribution in [-0.2, 0) is 6.42 Å². The number of pyridine rings is 1. The predicted octanol–water partition coefficient (Wildman–Crippen LogP) is 1.13. The lowest BCUT2D eigenvalue weighted by Crippen LogP contribution is -2.42. The van der Waals surface area contributed by atoms with Gasteiger partial charge < -0.3 is 10.4 Å². The molecule has 0 bridgehead atoms. The van der Waals surface area contributed by atoms with Gasteiger partial charge in [0.25, 0.3) is 0 Å². The number of hydrogen-bond donors (Lipinski definition) is 2. The van der Waals surface area contributed by atoms with Gasteiger partial charge >= 0.3 is 0 Å². The summed E-state index contributed by atoms with van der Waals surface area (Å²) in [5, 5.41) is 13.5. The van der Waals surface area contributed by atoms with E-state index in [1.165, 1.54) is 0 Å². The number of rotatable bonds is 3. The molecule has 82 valence electrons. The van der Waals surface area contributed by atoms with E-state index in [9.17, 15) is 5.11 Å². The summed E-state index contributed by atoms with van der Waals surface area (Å²) in [5.41, 5.74) is 0.604. The zero-order valence-corrected chi connectivity index (χ0v) is 8.95. The van der Waals surface area contributed by atoms with Gasteiger partial charge in [0.2, 0.25) is 0 Å². The van der Waals surface area contributed by atoms with Crippen LogP contribution in [0.4, 0.5) is 0 Å². The first kappa shape index (κ1) is 10.6. The fraction of sp³-hybridized carbons (Fsp3) is 0.583. The molecule has 0 aliphatic carbocycles. The van der Waals surface area contributed by atoms with Crippen molar-refractivity contribution in [3.63, 3.8) is 0 Å². The summed E-state index contributed by atoms with van der Waals surface area (Å²) in [6, 6.07) is 5.93. The van der Waals surface area contributed by atoms with Crippen molar-refractivity contribution in [2.45, 2.75) is 31.3 Å². The number of aliphatic hydroxyl groups is 1. The predicted molar refractivity (Wildman–Crippen MR) is 59.6 cm³/mol. The molecule has 2 heterocycles. The molecule has 0 saturated carbocycles. The Kier molecular flexibility index (Phi) is 3.34. The molecule has 1 aromatic heterocycles. The van der Waals surface area contributed by atoms with Gasteiger partial charge in [-0.3, -0.25) is 4.98 Å². The van der Waals surface area contributed by atoms with Crippen molar-refractivity contribution in [3.05, 3.63) is 30.1 Å². The molecule has 3 heteroatoms. The second-order valence-electron chi connectivity index (χ2n) is 4.30. The van der Waals surface area contributed by atoms with Crippen molar-refractivity contribution < 1.29 is 5.11 Å². The molecule has 1 aliphatic heterocycles. The van der Waals surface area contributed by atoms with E-state index in [0.717, 1.165) is 44.5 Å². The third kappa shape index (κ3) is 3.01. The molecule has 1 aromatic rings. The molecule has 15 heavy (non-hydrogen) atoms. The van der Waals surface area contributed by atoms with E-state index in [1.54, 1.807) is 0 Å². The summed E-state index contributed by atoms with van der Waals surface area (Å²) in [7, 11) is 0. The van der Waals surface area contributed by atoms with Crippen molar-refractivity contribution in [3.8, 4) is 0 Å². The smallest absolute Gasteiger partial charge is 0.0675 e. The minimum absolute atomic E-state index is 0.469. The highest BCUT2D eigenvalue weighted by Crippen LogP contribution is 2.23. The van der Waals surface area contributed by atoms with E-state index in [0.29, 0.717) is 0 Å². The van der Waals surface area contributed by atoms with Crippen LogP contribution in [0.1, 0.15) is 25.0 Å². The lowest BCUT2D eigenvalue weighted by Gasteiger charge is -2.32. The largest absolute Gasteiger partial charge is 0.390 e. The van der Waals surface area contributed by atoms with Gasteiger partial charge in [-0.05, 0) is 50.9 Å². The Morgan fingerprint density at radius 2 is 2.13 bits per heavy atom. The average Bonchev–Trinajstić information content (AvgIpc) is 2.29. The highest BCUT2D eigenvalue weighted by atomic mass is 16.3. The summed E-state index contributed by atoms with van der Waals surface area (Å²) in [5.74, 6) is 0. The molecule has 0 aromatic carbocycles. The van der Waals surface area contributed by atoms with Crippen molar-refractivity contribution in [2.75, 3.05) is 13.1 Å². The zero-order chi connectivity index (χ0) is 10.6. The molecular weight excluding hydrogens is 188 g/mol. The molecule has 1 saturated heterocycles. The first-order valence-electron chi connectivity index (χ1n) is 5.62. The average molecular weight is 206 g/mol. The third-order valence-electron chi connectivity index (χ3n) is 3.11. The maximum Gasteiger partial charge on any atom is 0.0675 e. The lowest BCUT2D eigenvalue weighted by molar-refractivity contribution is 0.00261.